The maximum Gasteiger partial charge on any atom is 0.161 e. The third-order valence-corrected chi connectivity index (χ3v) is 5.62. The Balaban J connectivity index is 2.19. The summed E-state index contributed by atoms with van der Waals surface area (Å²) >= 11 is 5.98. The lowest BCUT2D eigenvalue weighted by atomic mass is 10.1. The van der Waals surface area contributed by atoms with Crippen molar-refractivity contribution >= 4 is 21.4 Å². The van der Waals surface area contributed by atoms with Gasteiger partial charge in [0.25, 0.3) is 0 Å². The summed E-state index contributed by atoms with van der Waals surface area (Å²) in [6.45, 7) is 0.702. The van der Waals surface area contributed by atoms with Crippen LogP contribution in [0.1, 0.15) is 12.0 Å². The van der Waals surface area contributed by atoms with E-state index in [0.717, 1.165) is 0 Å². The Labute approximate surface area is 112 Å². The van der Waals surface area contributed by atoms with Crippen LogP contribution in [-0.2, 0) is 20.3 Å². The summed E-state index contributed by atoms with van der Waals surface area (Å²) in [6.07, 6.45) is 0.576. The minimum absolute atomic E-state index is 0.0889. The van der Waals surface area contributed by atoms with Gasteiger partial charge in [-0.2, -0.15) is 0 Å². The highest BCUT2D eigenvalue weighted by Gasteiger charge is 2.34. The number of hydrogen-bond acceptors (Lipinski definition) is 4. The smallest absolute Gasteiger partial charge is 0.161 e. The Morgan fingerprint density at radius 1 is 1.39 bits per heavy atom. The monoisotopic (exact) mass is 289 g/mol. The van der Waals surface area contributed by atoms with Crippen LogP contribution in [0.15, 0.2) is 24.3 Å². The average molecular weight is 290 g/mol. The van der Waals surface area contributed by atoms with Gasteiger partial charge >= 0.3 is 0 Å². The number of ether oxygens (including phenoxy) is 1. The number of halogens is 1. The molecule has 0 saturated carbocycles. The molecule has 1 saturated heterocycles. The molecule has 2 atom stereocenters. The Bertz CT molecular complexity index is 518. The fourth-order valence-electron chi connectivity index (χ4n) is 2.04. The molecule has 1 aromatic carbocycles. The molecule has 0 bridgehead atoms. The molecule has 1 aliphatic heterocycles. The fraction of sp³-hybridized carbons (Fsp3) is 0.500. The van der Waals surface area contributed by atoms with Gasteiger partial charge in [0.05, 0.1) is 12.4 Å². The molecule has 1 fully saturated rings. The van der Waals surface area contributed by atoms with Crippen molar-refractivity contribution < 1.29 is 13.2 Å². The van der Waals surface area contributed by atoms with Gasteiger partial charge < -0.3 is 10.5 Å². The van der Waals surface area contributed by atoms with E-state index in [9.17, 15) is 8.42 Å². The average Bonchev–Trinajstić information content (AvgIpc) is 2.32. The maximum absolute atomic E-state index is 12.3. The van der Waals surface area contributed by atoms with Gasteiger partial charge in [-0.1, -0.05) is 29.8 Å². The Morgan fingerprint density at radius 3 is 2.78 bits per heavy atom. The number of sulfone groups is 1. The van der Waals surface area contributed by atoms with Gasteiger partial charge in [0, 0.05) is 17.7 Å². The summed E-state index contributed by atoms with van der Waals surface area (Å²) in [5, 5.41) is -0.172. The summed E-state index contributed by atoms with van der Waals surface area (Å²) in [4.78, 5) is 0. The van der Waals surface area contributed by atoms with Gasteiger partial charge in [0.15, 0.2) is 9.84 Å². The molecule has 2 N–H and O–H groups in total. The minimum atomic E-state index is -3.34. The van der Waals surface area contributed by atoms with E-state index in [1.54, 1.807) is 24.3 Å². The van der Waals surface area contributed by atoms with Gasteiger partial charge in [-0.3, -0.25) is 0 Å². The van der Waals surface area contributed by atoms with Crippen molar-refractivity contribution in [3.63, 3.8) is 0 Å². The molecule has 6 heteroatoms. The van der Waals surface area contributed by atoms with Gasteiger partial charge in [-0.25, -0.2) is 8.42 Å². The van der Waals surface area contributed by atoms with Crippen LogP contribution in [0.4, 0.5) is 0 Å². The zero-order valence-electron chi connectivity index (χ0n) is 9.88. The Hall–Kier alpha value is -0.620. The molecule has 2 unspecified atom stereocenters. The molecule has 0 aliphatic carbocycles. The van der Waals surface area contributed by atoms with E-state index in [2.05, 4.69) is 0 Å². The maximum atomic E-state index is 12.3. The predicted molar refractivity (Wildman–Crippen MR) is 71.3 cm³/mol. The normalized spacial score (nSPS) is 25.0. The second-order valence-corrected chi connectivity index (χ2v) is 7.09. The highest BCUT2D eigenvalue weighted by Crippen LogP contribution is 2.22. The van der Waals surface area contributed by atoms with Crippen LogP contribution in [0.25, 0.3) is 0 Å². The van der Waals surface area contributed by atoms with E-state index in [-0.39, 0.29) is 18.4 Å². The van der Waals surface area contributed by atoms with Crippen molar-refractivity contribution in [2.75, 3.05) is 13.2 Å². The SMILES string of the molecule is NC1CCOCC1S(=O)(=O)Cc1ccccc1Cl. The molecule has 1 aromatic rings. The topological polar surface area (TPSA) is 69.4 Å². The number of hydrogen-bond donors (Lipinski definition) is 1. The van der Waals surface area contributed by atoms with Crippen LogP contribution < -0.4 is 5.73 Å². The molecule has 0 aromatic heterocycles. The summed E-state index contributed by atoms with van der Waals surface area (Å²) in [5.41, 5.74) is 6.47. The molecule has 1 heterocycles. The standard InChI is InChI=1S/C12H16ClNO3S/c13-10-4-2-1-3-9(10)8-18(15,16)12-7-17-6-5-11(12)14/h1-4,11-12H,5-8,14H2. The van der Waals surface area contributed by atoms with Gasteiger partial charge in [-0.05, 0) is 18.1 Å². The van der Waals surface area contributed by atoms with Crippen LogP contribution in [0.2, 0.25) is 5.02 Å². The largest absolute Gasteiger partial charge is 0.380 e. The van der Waals surface area contributed by atoms with Crippen LogP contribution in [0, 0.1) is 0 Å². The molecule has 4 nitrogen and oxygen atoms in total. The molecule has 100 valence electrons. The quantitative estimate of drug-likeness (QED) is 0.912. The van der Waals surface area contributed by atoms with E-state index in [4.69, 9.17) is 22.1 Å². The lowest BCUT2D eigenvalue weighted by molar-refractivity contribution is 0.0891. The molecule has 0 radical (unpaired) electrons. The third-order valence-electron chi connectivity index (χ3n) is 3.13. The summed E-state index contributed by atoms with van der Waals surface area (Å²) in [6, 6.07) is 6.59. The second-order valence-electron chi connectivity index (χ2n) is 4.46. The van der Waals surface area contributed by atoms with Gasteiger partial charge in [-0.15, -0.1) is 0 Å². The van der Waals surface area contributed by atoms with Crippen LogP contribution in [0.3, 0.4) is 0 Å². The van der Waals surface area contributed by atoms with Crippen LogP contribution in [0.5, 0.6) is 0 Å². The predicted octanol–water partition coefficient (Wildman–Crippen LogP) is 1.37. The highest BCUT2D eigenvalue weighted by atomic mass is 35.5. The lowest BCUT2D eigenvalue weighted by Gasteiger charge is -2.28. The number of benzene rings is 1. The fourth-order valence-corrected chi connectivity index (χ4v) is 4.19. The third kappa shape index (κ3) is 3.03. The van der Waals surface area contributed by atoms with Crippen LogP contribution >= 0.6 is 11.6 Å². The highest BCUT2D eigenvalue weighted by molar-refractivity contribution is 7.91. The van der Waals surface area contributed by atoms with Crippen molar-refractivity contribution in [3.8, 4) is 0 Å². The Morgan fingerprint density at radius 2 is 2.11 bits per heavy atom. The number of rotatable bonds is 3. The van der Waals surface area contributed by atoms with Crippen molar-refractivity contribution in [2.45, 2.75) is 23.5 Å². The first kappa shape index (κ1) is 13.8. The molecular weight excluding hydrogens is 274 g/mol. The molecule has 1 aliphatic rings. The first-order valence-corrected chi connectivity index (χ1v) is 7.88. The zero-order valence-corrected chi connectivity index (χ0v) is 11.5. The van der Waals surface area contributed by atoms with E-state index in [1.807, 2.05) is 0 Å². The molecule has 18 heavy (non-hydrogen) atoms. The van der Waals surface area contributed by atoms with E-state index in [0.29, 0.717) is 23.6 Å². The van der Waals surface area contributed by atoms with Crippen LogP contribution in [-0.4, -0.2) is 32.9 Å². The first-order chi connectivity index (χ1) is 8.50. The van der Waals surface area contributed by atoms with Gasteiger partial charge in [0.2, 0.25) is 0 Å². The molecule has 2 rings (SSSR count). The minimum Gasteiger partial charge on any atom is -0.380 e. The van der Waals surface area contributed by atoms with Crippen molar-refractivity contribution in [1.29, 1.82) is 0 Å². The summed E-state index contributed by atoms with van der Waals surface area (Å²) < 4.78 is 29.8. The first-order valence-electron chi connectivity index (χ1n) is 5.79. The Kier molecular flexibility index (Phi) is 4.27. The van der Waals surface area contributed by atoms with E-state index < -0.39 is 15.1 Å². The van der Waals surface area contributed by atoms with E-state index in [1.165, 1.54) is 0 Å². The van der Waals surface area contributed by atoms with Crippen molar-refractivity contribution in [2.24, 2.45) is 5.73 Å². The van der Waals surface area contributed by atoms with Gasteiger partial charge in [0.1, 0.15) is 5.25 Å². The second kappa shape index (κ2) is 5.57. The molecule has 0 spiro atoms. The molecule has 0 amide bonds. The van der Waals surface area contributed by atoms with E-state index >= 15 is 0 Å². The van der Waals surface area contributed by atoms with Crippen molar-refractivity contribution in [1.82, 2.24) is 0 Å². The lowest BCUT2D eigenvalue weighted by Crippen LogP contribution is -2.48. The number of nitrogens with two attached hydrogens (primary N) is 1. The molecular formula is C12H16ClNO3S. The van der Waals surface area contributed by atoms with Crippen molar-refractivity contribution in [3.05, 3.63) is 34.9 Å². The zero-order chi connectivity index (χ0) is 13.2. The summed E-state index contributed by atoms with van der Waals surface area (Å²) in [7, 11) is -3.34. The summed E-state index contributed by atoms with van der Waals surface area (Å²) in [5.74, 6) is -0.0889.